The molecule has 0 aromatic heterocycles. The van der Waals surface area contributed by atoms with Crippen LogP contribution in [0.3, 0.4) is 0 Å². The number of hydrogen-bond acceptors (Lipinski definition) is 5. The van der Waals surface area contributed by atoms with Crippen molar-refractivity contribution in [2.24, 2.45) is 0 Å². The minimum Gasteiger partial charge on any atom is -0.457 e. The van der Waals surface area contributed by atoms with Gasteiger partial charge in [-0.15, -0.1) is 0 Å². The maximum atomic E-state index is 13.8. The van der Waals surface area contributed by atoms with Gasteiger partial charge in [-0.05, 0) is 71.0 Å². The van der Waals surface area contributed by atoms with Gasteiger partial charge < -0.3 is 25.6 Å². The molecular weight excluding hydrogens is 580 g/mol. The lowest BCUT2D eigenvalue weighted by Gasteiger charge is -2.25. The number of hydrogen-bond donors (Lipinski definition) is 3. The van der Waals surface area contributed by atoms with Gasteiger partial charge in [0.25, 0.3) is 0 Å². The Hall–Kier alpha value is -5.18. The molecule has 3 heterocycles. The first kappa shape index (κ1) is 30.8. The number of ether oxygens (including phenoxy) is 1. The molecule has 4 aromatic carbocycles. The lowest BCUT2D eigenvalue weighted by Crippen LogP contribution is -2.55. The lowest BCUT2D eigenvalue weighted by atomic mass is 10.0. The van der Waals surface area contributed by atoms with Gasteiger partial charge in [-0.25, -0.2) is 0 Å². The summed E-state index contributed by atoms with van der Waals surface area (Å²) in [6.07, 6.45) is 2.39. The van der Waals surface area contributed by atoms with E-state index < -0.39 is 18.0 Å². The first-order valence-corrected chi connectivity index (χ1v) is 15.9. The smallest absolute Gasteiger partial charge is 0.243 e. The van der Waals surface area contributed by atoms with Crippen LogP contribution in [-0.4, -0.2) is 53.7 Å². The van der Waals surface area contributed by atoms with Gasteiger partial charge in [0.05, 0.1) is 6.42 Å². The van der Waals surface area contributed by atoms with Crippen molar-refractivity contribution in [1.29, 1.82) is 0 Å². The Labute approximate surface area is 268 Å². The van der Waals surface area contributed by atoms with Gasteiger partial charge in [0.1, 0.15) is 23.6 Å². The summed E-state index contributed by atoms with van der Waals surface area (Å²) in [5, 5.41) is 10.8. The Morgan fingerprint density at radius 2 is 1.57 bits per heavy atom. The van der Waals surface area contributed by atoms with Crippen LogP contribution in [0, 0.1) is 0 Å². The average Bonchev–Trinajstić information content (AvgIpc) is 3.62. The molecule has 2 unspecified atom stereocenters. The Kier molecular flexibility index (Phi) is 9.57. The number of likely N-dealkylation sites (tertiary alicyclic amines) is 1. The van der Waals surface area contributed by atoms with Crippen molar-refractivity contribution < 1.29 is 23.9 Å². The normalized spacial score (nSPS) is 18.7. The molecule has 0 saturated carbocycles. The van der Waals surface area contributed by atoms with E-state index in [-0.39, 0.29) is 43.5 Å². The monoisotopic (exact) mass is 618 g/mol. The molecule has 0 spiro atoms. The predicted molar refractivity (Wildman–Crippen MR) is 175 cm³/mol. The molecule has 4 bridgehead atoms. The van der Waals surface area contributed by atoms with Crippen LogP contribution in [-0.2, 0) is 38.6 Å². The van der Waals surface area contributed by atoms with E-state index in [9.17, 15) is 19.2 Å². The molecule has 3 aliphatic rings. The van der Waals surface area contributed by atoms with E-state index >= 15 is 0 Å². The third-order valence-electron chi connectivity index (χ3n) is 8.59. The molecule has 4 amide bonds. The first-order valence-electron chi connectivity index (χ1n) is 15.9. The number of nitrogens with zero attached hydrogens (tertiary/aromatic N) is 1. The molecule has 3 N–H and O–H groups in total. The topological polar surface area (TPSA) is 117 Å². The van der Waals surface area contributed by atoms with E-state index in [1.54, 1.807) is 4.90 Å². The number of carbonyl (C=O) groups excluding carboxylic acids is 4. The molecule has 4 aromatic rings. The highest BCUT2D eigenvalue weighted by Crippen LogP contribution is 2.24. The Balaban J connectivity index is 1.27. The summed E-state index contributed by atoms with van der Waals surface area (Å²) in [6, 6.07) is 26.7. The van der Waals surface area contributed by atoms with E-state index in [4.69, 9.17) is 4.74 Å². The Morgan fingerprint density at radius 3 is 2.39 bits per heavy atom. The number of nitrogens with one attached hydrogen (secondary N) is 3. The number of carbonyl (C=O) groups is 4. The summed E-state index contributed by atoms with van der Waals surface area (Å²) in [6.45, 7) is 1.54. The number of rotatable bonds is 5. The number of amides is 4. The van der Waals surface area contributed by atoms with Crippen molar-refractivity contribution in [3.8, 4) is 11.5 Å². The SMILES string of the molecule is O=C1CCc2cccc(c2)Oc2ccc(cc2)CC(C(=O)NCc2cccc3ccccc23)NC(=O)C(CC(=O)N2CCCC2)N1. The zero-order chi connectivity index (χ0) is 31.9. The maximum Gasteiger partial charge on any atom is 0.243 e. The molecule has 1 fully saturated rings. The van der Waals surface area contributed by atoms with Crippen molar-refractivity contribution in [2.45, 2.75) is 57.2 Å². The molecule has 236 valence electrons. The third kappa shape index (κ3) is 7.72. The fourth-order valence-corrected chi connectivity index (χ4v) is 6.07. The molecule has 7 rings (SSSR count). The number of fused-ring (bicyclic) bond motifs is 11. The molecule has 9 heteroatoms. The highest BCUT2D eigenvalue weighted by molar-refractivity contribution is 5.95. The Bertz CT molecular complexity index is 1730. The highest BCUT2D eigenvalue weighted by atomic mass is 16.5. The van der Waals surface area contributed by atoms with Crippen LogP contribution < -0.4 is 20.7 Å². The van der Waals surface area contributed by atoms with E-state index in [1.165, 1.54) is 0 Å². The fraction of sp³-hybridized carbons (Fsp3) is 0.297. The van der Waals surface area contributed by atoms with Crippen LogP contribution >= 0.6 is 0 Å². The largest absolute Gasteiger partial charge is 0.457 e. The average molecular weight is 619 g/mol. The molecule has 3 aliphatic heterocycles. The van der Waals surface area contributed by atoms with Gasteiger partial charge in [0.15, 0.2) is 0 Å². The van der Waals surface area contributed by atoms with Crippen LogP contribution in [0.4, 0.5) is 0 Å². The summed E-state index contributed by atoms with van der Waals surface area (Å²) < 4.78 is 6.06. The summed E-state index contributed by atoms with van der Waals surface area (Å²) in [5.74, 6) is -0.213. The lowest BCUT2D eigenvalue weighted by molar-refractivity contribution is -0.136. The fourth-order valence-electron chi connectivity index (χ4n) is 6.07. The second kappa shape index (κ2) is 14.3. The molecule has 2 atom stereocenters. The van der Waals surface area contributed by atoms with Crippen molar-refractivity contribution >= 4 is 34.4 Å². The molecule has 46 heavy (non-hydrogen) atoms. The van der Waals surface area contributed by atoms with Crippen LogP contribution in [0.25, 0.3) is 10.8 Å². The van der Waals surface area contributed by atoms with Gasteiger partial charge in [-0.2, -0.15) is 0 Å². The summed E-state index contributed by atoms with van der Waals surface area (Å²) in [4.78, 5) is 55.6. The number of aryl methyl sites for hydroxylation is 1. The van der Waals surface area contributed by atoms with E-state index in [2.05, 4.69) is 16.0 Å². The molecule has 1 saturated heterocycles. The summed E-state index contributed by atoms with van der Waals surface area (Å²) in [5.41, 5.74) is 2.67. The van der Waals surface area contributed by atoms with Gasteiger partial charge >= 0.3 is 0 Å². The Morgan fingerprint density at radius 1 is 0.804 bits per heavy atom. The van der Waals surface area contributed by atoms with Crippen LogP contribution in [0.5, 0.6) is 11.5 Å². The zero-order valence-corrected chi connectivity index (χ0v) is 25.7. The molecule has 0 radical (unpaired) electrons. The van der Waals surface area contributed by atoms with Crippen molar-refractivity contribution in [3.63, 3.8) is 0 Å². The van der Waals surface area contributed by atoms with E-state index in [1.807, 2.05) is 91.0 Å². The number of benzene rings is 4. The second-order valence-electron chi connectivity index (χ2n) is 11.9. The standard InChI is InChI=1S/C37H38N4O5/c42-34-18-15-25-7-5-11-30(21-25)46-29-16-13-26(14-17-29)22-32(40-37(45)33(39-34)23-35(43)41-19-3-4-20-41)36(44)38-24-28-10-6-9-27-8-1-2-12-31(27)28/h1-2,5-14,16-17,21,32-33H,3-4,15,18-20,22-24H2,(H,38,44)(H,39,42)(H,40,45). The van der Waals surface area contributed by atoms with E-state index in [0.717, 1.165) is 40.3 Å². The van der Waals surface area contributed by atoms with Crippen molar-refractivity contribution in [3.05, 3.63) is 108 Å². The highest BCUT2D eigenvalue weighted by Gasteiger charge is 2.31. The second-order valence-corrected chi connectivity index (χ2v) is 11.9. The zero-order valence-electron chi connectivity index (χ0n) is 25.7. The van der Waals surface area contributed by atoms with Crippen LogP contribution in [0.15, 0.2) is 91.0 Å². The van der Waals surface area contributed by atoms with Crippen LogP contribution in [0.2, 0.25) is 0 Å². The van der Waals surface area contributed by atoms with Gasteiger partial charge in [0, 0.05) is 32.5 Å². The quantitative estimate of drug-likeness (QED) is 0.306. The van der Waals surface area contributed by atoms with Crippen LogP contribution in [0.1, 0.15) is 42.4 Å². The predicted octanol–water partition coefficient (Wildman–Crippen LogP) is 4.42. The van der Waals surface area contributed by atoms with Crippen molar-refractivity contribution in [2.75, 3.05) is 13.1 Å². The summed E-state index contributed by atoms with van der Waals surface area (Å²) in [7, 11) is 0. The minimum absolute atomic E-state index is 0.119. The maximum absolute atomic E-state index is 13.8. The van der Waals surface area contributed by atoms with Crippen molar-refractivity contribution in [1.82, 2.24) is 20.9 Å². The van der Waals surface area contributed by atoms with Gasteiger partial charge in [-0.3, -0.25) is 19.2 Å². The third-order valence-corrected chi connectivity index (χ3v) is 8.59. The first-order chi connectivity index (χ1) is 22.4. The molecule has 0 aliphatic carbocycles. The van der Waals surface area contributed by atoms with E-state index in [0.29, 0.717) is 31.0 Å². The van der Waals surface area contributed by atoms with Gasteiger partial charge in [0.2, 0.25) is 23.6 Å². The van der Waals surface area contributed by atoms with Gasteiger partial charge in [-0.1, -0.05) is 66.7 Å². The molecular formula is C37H38N4O5. The summed E-state index contributed by atoms with van der Waals surface area (Å²) >= 11 is 0. The minimum atomic E-state index is -1.12. The molecule has 9 nitrogen and oxygen atoms in total.